The Morgan fingerprint density at radius 2 is 2.08 bits per heavy atom. The summed E-state index contributed by atoms with van der Waals surface area (Å²) in [7, 11) is 0. The van der Waals surface area contributed by atoms with Gasteiger partial charge in [0.2, 0.25) is 0 Å². The van der Waals surface area contributed by atoms with Crippen molar-refractivity contribution in [1.82, 2.24) is 9.38 Å². The van der Waals surface area contributed by atoms with E-state index in [1.807, 2.05) is 16.7 Å². The third-order valence-electron chi connectivity index (χ3n) is 4.43. The van der Waals surface area contributed by atoms with Gasteiger partial charge in [0.15, 0.2) is 5.96 Å². The predicted octanol–water partition coefficient (Wildman–Crippen LogP) is 3.06. The topological polar surface area (TPSA) is 67.7 Å². The van der Waals surface area contributed by atoms with Crippen molar-refractivity contribution in [2.24, 2.45) is 10.7 Å². The summed E-state index contributed by atoms with van der Waals surface area (Å²) in [5.74, 6) is 0.418. The van der Waals surface area contributed by atoms with Gasteiger partial charge in [0.1, 0.15) is 5.65 Å². The molecule has 0 saturated carbocycles. The molecule has 2 heterocycles. The average Bonchev–Trinajstić information content (AvgIpc) is 3.18. The largest absolute Gasteiger partial charge is 0.370 e. The number of guanidine groups is 1. The first-order valence-corrected chi connectivity index (χ1v) is 8.30. The average molecular weight is 319 g/mol. The molecule has 4 rings (SSSR count). The molecule has 0 bridgehead atoms. The number of nitrogens with one attached hydrogen (secondary N) is 1. The summed E-state index contributed by atoms with van der Waals surface area (Å²) in [6.45, 7) is 2.53. The third-order valence-corrected chi connectivity index (χ3v) is 4.43. The summed E-state index contributed by atoms with van der Waals surface area (Å²) < 4.78 is 2.02. The van der Waals surface area contributed by atoms with Gasteiger partial charge in [0.25, 0.3) is 0 Å². The second-order valence-electron chi connectivity index (χ2n) is 6.37. The van der Waals surface area contributed by atoms with Crippen molar-refractivity contribution in [3.8, 4) is 0 Å². The Morgan fingerprint density at radius 3 is 3.00 bits per heavy atom. The minimum atomic E-state index is 0.418. The number of aliphatic imine (C=N–C) groups is 1. The molecular formula is C19H21N5. The molecule has 5 nitrogen and oxygen atoms in total. The maximum Gasteiger partial charge on any atom is 0.193 e. The summed E-state index contributed by atoms with van der Waals surface area (Å²) in [6, 6.07) is 10.5. The van der Waals surface area contributed by atoms with E-state index >= 15 is 0 Å². The van der Waals surface area contributed by atoms with E-state index in [0.717, 1.165) is 23.4 Å². The molecule has 3 aromatic rings. The van der Waals surface area contributed by atoms with E-state index < -0.39 is 0 Å². The number of benzene rings is 1. The van der Waals surface area contributed by atoms with Crippen molar-refractivity contribution in [3.05, 3.63) is 65.1 Å². The van der Waals surface area contributed by atoms with Gasteiger partial charge >= 0.3 is 0 Å². The molecule has 24 heavy (non-hydrogen) atoms. The molecule has 0 saturated heterocycles. The summed E-state index contributed by atoms with van der Waals surface area (Å²) >= 11 is 0. The van der Waals surface area contributed by atoms with Crippen LogP contribution < -0.4 is 11.1 Å². The lowest BCUT2D eigenvalue weighted by atomic mass is 10.1. The van der Waals surface area contributed by atoms with Gasteiger partial charge in [0, 0.05) is 18.1 Å². The summed E-state index contributed by atoms with van der Waals surface area (Å²) in [4.78, 5) is 8.96. The smallest absolute Gasteiger partial charge is 0.193 e. The predicted molar refractivity (Wildman–Crippen MR) is 97.3 cm³/mol. The van der Waals surface area contributed by atoms with Crippen molar-refractivity contribution in [1.29, 1.82) is 0 Å². The van der Waals surface area contributed by atoms with E-state index in [9.17, 15) is 0 Å². The summed E-state index contributed by atoms with van der Waals surface area (Å²) in [5, 5.41) is 3.18. The van der Waals surface area contributed by atoms with E-state index in [1.54, 1.807) is 0 Å². The molecule has 0 atom stereocenters. The quantitative estimate of drug-likeness (QED) is 0.576. The second kappa shape index (κ2) is 6.00. The fourth-order valence-electron chi connectivity index (χ4n) is 3.23. The zero-order valence-corrected chi connectivity index (χ0v) is 13.8. The van der Waals surface area contributed by atoms with Crippen LogP contribution in [0.2, 0.25) is 0 Å². The lowest BCUT2D eigenvalue weighted by molar-refractivity contribution is 0.912. The first kappa shape index (κ1) is 14.8. The fourth-order valence-corrected chi connectivity index (χ4v) is 3.23. The second-order valence-corrected chi connectivity index (χ2v) is 6.37. The molecular weight excluding hydrogens is 298 g/mol. The molecule has 122 valence electrons. The first-order valence-electron chi connectivity index (χ1n) is 8.30. The van der Waals surface area contributed by atoms with Crippen LogP contribution in [0, 0.1) is 6.92 Å². The maximum absolute atomic E-state index is 6.02. The summed E-state index contributed by atoms with van der Waals surface area (Å²) in [5.41, 5.74) is 12.9. The van der Waals surface area contributed by atoms with Gasteiger partial charge in [-0.1, -0.05) is 12.1 Å². The minimum Gasteiger partial charge on any atom is -0.370 e. The van der Waals surface area contributed by atoms with E-state index in [4.69, 9.17) is 5.73 Å². The number of hydrogen-bond donors (Lipinski definition) is 2. The number of rotatable bonds is 3. The number of hydrogen-bond acceptors (Lipinski definition) is 2. The van der Waals surface area contributed by atoms with Crippen LogP contribution >= 0.6 is 0 Å². The molecule has 0 unspecified atom stereocenters. The van der Waals surface area contributed by atoms with E-state index in [1.165, 1.54) is 29.5 Å². The lowest BCUT2D eigenvalue weighted by Crippen LogP contribution is -2.22. The molecule has 2 aromatic heterocycles. The first-order chi connectivity index (χ1) is 11.7. The fraction of sp³-hybridized carbons (Fsp3) is 0.263. The molecule has 1 aromatic carbocycles. The van der Waals surface area contributed by atoms with Gasteiger partial charge < -0.3 is 15.5 Å². The Bertz CT molecular complexity index is 923. The van der Waals surface area contributed by atoms with Crippen LogP contribution in [0.3, 0.4) is 0 Å². The Hall–Kier alpha value is -2.82. The Labute approximate surface area is 141 Å². The molecule has 1 aliphatic rings. The van der Waals surface area contributed by atoms with E-state index in [0.29, 0.717) is 12.5 Å². The highest BCUT2D eigenvalue weighted by atomic mass is 15.1. The van der Waals surface area contributed by atoms with Crippen molar-refractivity contribution in [3.63, 3.8) is 0 Å². The molecule has 0 amide bonds. The van der Waals surface area contributed by atoms with Gasteiger partial charge in [-0.3, -0.25) is 0 Å². The number of aromatic nitrogens is 2. The third kappa shape index (κ3) is 2.97. The number of pyridine rings is 1. The van der Waals surface area contributed by atoms with E-state index in [-0.39, 0.29) is 0 Å². The van der Waals surface area contributed by atoms with Crippen molar-refractivity contribution in [2.75, 3.05) is 5.32 Å². The van der Waals surface area contributed by atoms with E-state index in [2.05, 4.69) is 52.7 Å². The van der Waals surface area contributed by atoms with Crippen LogP contribution in [0.5, 0.6) is 0 Å². The van der Waals surface area contributed by atoms with Gasteiger partial charge in [-0.05, 0) is 61.1 Å². The lowest BCUT2D eigenvalue weighted by Gasteiger charge is -2.07. The number of nitrogens with two attached hydrogens (primary N) is 1. The zero-order valence-electron chi connectivity index (χ0n) is 13.8. The highest BCUT2D eigenvalue weighted by molar-refractivity contribution is 5.92. The number of anilines is 1. The minimum absolute atomic E-state index is 0.418. The summed E-state index contributed by atoms with van der Waals surface area (Å²) in [6.07, 6.45) is 7.64. The Balaban J connectivity index is 1.46. The van der Waals surface area contributed by atoms with Crippen molar-refractivity contribution >= 4 is 17.3 Å². The van der Waals surface area contributed by atoms with Crippen LogP contribution in [0.1, 0.15) is 28.8 Å². The molecule has 5 heteroatoms. The zero-order chi connectivity index (χ0) is 16.5. The normalized spacial score (nSPS) is 14.1. The van der Waals surface area contributed by atoms with Crippen molar-refractivity contribution in [2.45, 2.75) is 32.7 Å². The van der Waals surface area contributed by atoms with Gasteiger partial charge in [0.05, 0.1) is 12.2 Å². The standard InChI is InChI=1S/C19H21N5/c1-13-5-8-18-22-17(12-24(18)11-13)10-21-19(20)23-16-7-6-14-3-2-4-15(14)9-16/h5-9,11-12H,2-4,10H2,1H3,(H3,20,21,23). The Kier molecular flexibility index (Phi) is 3.69. The van der Waals surface area contributed by atoms with Crippen LogP contribution in [-0.4, -0.2) is 15.3 Å². The Morgan fingerprint density at radius 1 is 1.21 bits per heavy atom. The molecule has 0 spiro atoms. The highest BCUT2D eigenvalue weighted by Crippen LogP contribution is 2.24. The van der Waals surface area contributed by atoms with Crippen LogP contribution in [0.4, 0.5) is 5.69 Å². The number of imidazole rings is 1. The van der Waals surface area contributed by atoms with Gasteiger partial charge in [-0.25, -0.2) is 9.98 Å². The number of aryl methyl sites for hydroxylation is 3. The van der Waals surface area contributed by atoms with Crippen molar-refractivity contribution < 1.29 is 0 Å². The molecule has 3 N–H and O–H groups in total. The molecule has 0 fully saturated rings. The highest BCUT2D eigenvalue weighted by Gasteiger charge is 2.10. The molecule has 0 aliphatic heterocycles. The number of nitrogens with zero attached hydrogens (tertiary/aromatic N) is 3. The molecule has 1 aliphatic carbocycles. The van der Waals surface area contributed by atoms with Crippen LogP contribution in [0.25, 0.3) is 5.65 Å². The van der Waals surface area contributed by atoms with Gasteiger partial charge in [-0.2, -0.15) is 0 Å². The monoisotopic (exact) mass is 319 g/mol. The van der Waals surface area contributed by atoms with Crippen LogP contribution in [0.15, 0.2) is 47.7 Å². The number of fused-ring (bicyclic) bond motifs is 2. The van der Waals surface area contributed by atoms with Gasteiger partial charge in [-0.15, -0.1) is 0 Å². The molecule has 0 radical (unpaired) electrons. The maximum atomic E-state index is 6.02. The SMILES string of the molecule is Cc1ccc2nc(CN=C(N)Nc3ccc4c(c3)CCC4)cn2c1. The van der Waals surface area contributed by atoms with Crippen LogP contribution in [-0.2, 0) is 19.4 Å².